The molecule has 152 valence electrons. The van der Waals surface area contributed by atoms with Gasteiger partial charge in [0, 0.05) is 19.6 Å². The second-order valence-electron chi connectivity index (χ2n) is 7.37. The summed E-state index contributed by atoms with van der Waals surface area (Å²) in [6, 6.07) is 3.56. The number of imidazole rings is 1. The fraction of sp³-hybridized carbons (Fsp3) is 0.474. The smallest absolute Gasteiger partial charge is 0.330 e. The van der Waals surface area contributed by atoms with Crippen LogP contribution in [0.2, 0.25) is 0 Å². The van der Waals surface area contributed by atoms with Crippen LogP contribution < -0.4 is 11.4 Å². The fourth-order valence-corrected chi connectivity index (χ4v) is 4.13. The fourth-order valence-electron chi connectivity index (χ4n) is 4.13. The Morgan fingerprint density at radius 1 is 1.10 bits per heavy atom. The summed E-state index contributed by atoms with van der Waals surface area (Å²) in [4.78, 5) is 24.7. The second kappa shape index (κ2) is 7.03. The zero-order valence-electron chi connectivity index (χ0n) is 16.4. The summed E-state index contributed by atoms with van der Waals surface area (Å²) in [6.07, 6.45) is 5.28. The lowest BCUT2D eigenvalue weighted by Gasteiger charge is -2.26. The van der Waals surface area contributed by atoms with E-state index in [1.165, 1.54) is 23.8 Å². The molecule has 4 aromatic rings. The Morgan fingerprint density at radius 2 is 1.93 bits per heavy atom. The number of aromatic nitrogens is 6. The van der Waals surface area contributed by atoms with E-state index < -0.39 is 0 Å². The molecular weight excluding hydrogens is 372 g/mol. The molecule has 1 aliphatic heterocycles. The summed E-state index contributed by atoms with van der Waals surface area (Å²) in [5, 5.41) is 4.43. The molecule has 10 heteroatoms. The van der Waals surface area contributed by atoms with Crippen molar-refractivity contribution in [3.05, 3.63) is 28.9 Å². The van der Waals surface area contributed by atoms with Crippen LogP contribution in [0.1, 0.15) is 26.2 Å². The monoisotopic (exact) mass is 396 g/mol. The van der Waals surface area contributed by atoms with Gasteiger partial charge in [0.25, 0.3) is 0 Å². The minimum Gasteiger partial charge on any atom is -0.461 e. The maximum atomic E-state index is 13.1. The zero-order chi connectivity index (χ0) is 20.0. The number of rotatable bonds is 5. The van der Waals surface area contributed by atoms with Gasteiger partial charge >= 0.3 is 5.69 Å². The molecule has 2 N–H and O–H groups in total. The van der Waals surface area contributed by atoms with E-state index in [9.17, 15) is 4.79 Å². The highest BCUT2D eigenvalue weighted by Crippen LogP contribution is 2.23. The van der Waals surface area contributed by atoms with Gasteiger partial charge in [-0.15, -0.1) is 5.10 Å². The van der Waals surface area contributed by atoms with Gasteiger partial charge in [-0.25, -0.2) is 9.78 Å². The lowest BCUT2D eigenvalue weighted by atomic mass is 10.1. The highest BCUT2D eigenvalue weighted by Gasteiger charge is 2.22. The lowest BCUT2D eigenvalue weighted by Crippen LogP contribution is -2.35. The average molecular weight is 396 g/mol. The van der Waals surface area contributed by atoms with Crippen LogP contribution in [-0.4, -0.2) is 53.3 Å². The van der Waals surface area contributed by atoms with Gasteiger partial charge in [-0.2, -0.15) is 9.50 Å². The largest absolute Gasteiger partial charge is 0.461 e. The van der Waals surface area contributed by atoms with Crippen LogP contribution in [0.5, 0.6) is 0 Å². The molecule has 0 aromatic carbocycles. The Balaban J connectivity index is 1.64. The maximum Gasteiger partial charge on any atom is 0.330 e. The molecule has 10 nitrogen and oxygen atoms in total. The Morgan fingerprint density at radius 3 is 2.66 bits per heavy atom. The van der Waals surface area contributed by atoms with Gasteiger partial charge in [0.05, 0.1) is 6.26 Å². The first kappa shape index (κ1) is 17.9. The molecule has 0 saturated carbocycles. The lowest BCUT2D eigenvalue weighted by molar-refractivity contribution is 0.220. The first-order chi connectivity index (χ1) is 14.2. The van der Waals surface area contributed by atoms with Crippen molar-refractivity contribution in [3.63, 3.8) is 0 Å². The topological polar surface area (TPSA) is 112 Å². The van der Waals surface area contributed by atoms with Crippen LogP contribution in [0.15, 0.2) is 27.6 Å². The Kier molecular flexibility index (Phi) is 4.35. The molecule has 1 aliphatic rings. The third-order valence-electron chi connectivity index (χ3n) is 5.60. The van der Waals surface area contributed by atoms with E-state index in [1.54, 1.807) is 27.5 Å². The van der Waals surface area contributed by atoms with E-state index in [2.05, 4.69) is 20.0 Å². The second-order valence-corrected chi connectivity index (χ2v) is 7.37. The molecule has 0 radical (unpaired) electrons. The maximum absolute atomic E-state index is 13.1. The first-order valence-electron chi connectivity index (χ1n) is 10.1. The van der Waals surface area contributed by atoms with E-state index in [0.717, 1.165) is 19.6 Å². The third kappa shape index (κ3) is 2.91. The van der Waals surface area contributed by atoms with Crippen molar-refractivity contribution in [3.8, 4) is 11.6 Å². The number of nitrogen functional groups attached to an aromatic ring is 1. The number of fused-ring (bicyclic) bond motifs is 3. The molecule has 0 bridgehead atoms. The molecule has 0 spiro atoms. The molecule has 1 saturated heterocycles. The van der Waals surface area contributed by atoms with E-state index in [4.69, 9.17) is 10.2 Å². The van der Waals surface area contributed by atoms with Gasteiger partial charge in [0.1, 0.15) is 5.52 Å². The van der Waals surface area contributed by atoms with Crippen LogP contribution in [0.4, 0.5) is 5.95 Å². The number of furan rings is 1. The predicted molar refractivity (Wildman–Crippen MR) is 109 cm³/mol. The number of anilines is 1. The van der Waals surface area contributed by atoms with Crippen LogP contribution in [-0.2, 0) is 13.1 Å². The van der Waals surface area contributed by atoms with Gasteiger partial charge in [0.15, 0.2) is 17.1 Å². The van der Waals surface area contributed by atoms with Crippen LogP contribution in [0, 0.1) is 0 Å². The normalized spacial score (nSPS) is 15.6. The first-order valence-corrected chi connectivity index (χ1v) is 10.1. The molecular formula is C19H24N8O2. The number of nitrogens with two attached hydrogens (primary N) is 1. The number of hydrogen-bond donors (Lipinski definition) is 1. The Labute approximate surface area is 166 Å². The van der Waals surface area contributed by atoms with Crippen molar-refractivity contribution in [2.45, 2.75) is 39.3 Å². The van der Waals surface area contributed by atoms with Gasteiger partial charge < -0.3 is 15.1 Å². The van der Waals surface area contributed by atoms with E-state index in [0.29, 0.717) is 41.5 Å². The van der Waals surface area contributed by atoms with Crippen molar-refractivity contribution in [2.24, 2.45) is 0 Å². The van der Waals surface area contributed by atoms with E-state index in [1.807, 2.05) is 6.92 Å². The summed E-state index contributed by atoms with van der Waals surface area (Å²) in [5.74, 6) is 1.14. The quantitative estimate of drug-likeness (QED) is 0.545. The molecule has 0 aliphatic carbocycles. The minimum atomic E-state index is -0.0953. The van der Waals surface area contributed by atoms with Gasteiger partial charge in [-0.05, 0) is 45.0 Å². The molecule has 0 amide bonds. The number of aryl methyl sites for hydroxylation is 1. The molecule has 5 rings (SSSR count). The molecule has 29 heavy (non-hydrogen) atoms. The number of piperidine rings is 1. The van der Waals surface area contributed by atoms with Crippen LogP contribution >= 0.6 is 0 Å². The number of hydrogen-bond acceptors (Lipinski definition) is 7. The average Bonchev–Trinajstić information content (AvgIpc) is 3.45. The van der Waals surface area contributed by atoms with Crippen molar-refractivity contribution in [2.75, 3.05) is 25.4 Å². The zero-order valence-corrected chi connectivity index (χ0v) is 16.4. The van der Waals surface area contributed by atoms with Crippen molar-refractivity contribution in [1.29, 1.82) is 0 Å². The van der Waals surface area contributed by atoms with Crippen LogP contribution in [0.3, 0.4) is 0 Å². The third-order valence-corrected chi connectivity index (χ3v) is 5.60. The van der Waals surface area contributed by atoms with Gasteiger partial charge in [-0.1, -0.05) is 6.42 Å². The minimum absolute atomic E-state index is 0.0953. The summed E-state index contributed by atoms with van der Waals surface area (Å²) >= 11 is 0. The van der Waals surface area contributed by atoms with Crippen molar-refractivity contribution < 1.29 is 4.42 Å². The predicted octanol–water partition coefficient (Wildman–Crippen LogP) is 1.59. The van der Waals surface area contributed by atoms with Crippen LogP contribution in [0.25, 0.3) is 28.4 Å². The van der Waals surface area contributed by atoms with E-state index in [-0.39, 0.29) is 11.6 Å². The van der Waals surface area contributed by atoms with Crippen molar-refractivity contribution in [1.82, 2.24) is 33.6 Å². The van der Waals surface area contributed by atoms with Gasteiger partial charge in [-0.3, -0.25) is 9.13 Å². The highest BCUT2D eigenvalue weighted by atomic mass is 16.3. The van der Waals surface area contributed by atoms with Crippen molar-refractivity contribution >= 4 is 22.8 Å². The summed E-state index contributed by atoms with van der Waals surface area (Å²) < 4.78 is 10.3. The number of nitrogens with zero attached hydrogens (tertiary/aromatic N) is 7. The molecule has 1 fully saturated rings. The molecule has 5 heterocycles. The van der Waals surface area contributed by atoms with Gasteiger partial charge in [0.2, 0.25) is 11.8 Å². The number of likely N-dealkylation sites (tertiary alicyclic amines) is 1. The summed E-state index contributed by atoms with van der Waals surface area (Å²) in [6.45, 7) is 6.00. The Hall–Kier alpha value is -3.14. The summed E-state index contributed by atoms with van der Waals surface area (Å²) in [5.41, 5.74) is 7.80. The summed E-state index contributed by atoms with van der Waals surface area (Å²) in [7, 11) is 0. The molecule has 0 atom stereocenters. The highest BCUT2D eigenvalue weighted by molar-refractivity contribution is 5.88. The standard InChI is InChI=1S/C19H24N8O2/c1-2-25-14-16(26(19(25)28)11-10-24-8-4-3-5-9-24)22-18(20)27-17(14)21-15(23-27)13-7-6-12-29-13/h6-7,12H,2-5,8-11H2,1H3,(H2,20,22). The Bertz CT molecular complexity index is 1210. The SMILES string of the molecule is CCn1c(=O)n(CCN2CCCCC2)c2nc(N)n3nc(-c4ccco4)nc3c21. The van der Waals surface area contributed by atoms with E-state index >= 15 is 0 Å². The molecule has 0 unspecified atom stereocenters. The molecule has 4 aromatic heterocycles.